The number of aryl methyl sites for hydroxylation is 3. The average molecular weight is 372 g/mol. The van der Waals surface area contributed by atoms with E-state index in [1.807, 2.05) is 29.8 Å². The molecule has 0 amide bonds. The predicted octanol–water partition coefficient (Wildman–Crippen LogP) is 3.43. The minimum Gasteiger partial charge on any atom is -0.488 e. The van der Waals surface area contributed by atoms with Gasteiger partial charge in [-0.1, -0.05) is 18.2 Å². The maximum atomic E-state index is 6.05. The molecule has 2 rings (SSSR count). The molecule has 2 aromatic rings. The minimum absolute atomic E-state index is 0.223. The molecule has 0 atom stereocenters. The number of aliphatic imine (C=N–C) groups is 1. The fraction of sp³-hybridized carbons (Fsp3) is 0.524. The lowest BCUT2D eigenvalue weighted by atomic mass is 10.1. The molecule has 0 radical (unpaired) electrons. The monoisotopic (exact) mass is 371 g/mol. The van der Waals surface area contributed by atoms with Crippen molar-refractivity contribution in [1.82, 2.24) is 20.4 Å². The zero-order valence-electron chi connectivity index (χ0n) is 17.5. The third kappa shape index (κ3) is 6.96. The van der Waals surface area contributed by atoms with Gasteiger partial charge in [0.05, 0.1) is 5.69 Å². The summed E-state index contributed by atoms with van der Waals surface area (Å²) in [5, 5.41) is 11.2. The van der Waals surface area contributed by atoms with E-state index in [0.717, 1.165) is 42.5 Å². The summed E-state index contributed by atoms with van der Waals surface area (Å²) in [5.74, 6) is 1.69. The highest BCUT2D eigenvalue weighted by atomic mass is 16.5. The van der Waals surface area contributed by atoms with Gasteiger partial charge < -0.3 is 15.4 Å². The van der Waals surface area contributed by atoms with E-state index in [0.29, 0.717) is 6.54 Å². The van der Waals surface area contributed by atoms with Crippen molar-refractivity contribution in [1.29, 1.82) is 0 Å². The second kappa shape index (κ2) is 9.44. The van der Waals surface area contributed by atoms with Gasteiger partial charge in [-0.15, -0.1) is 0 Å². The van der Waals surface area contributed by atoms with Crippen molar-refractivity contribution < 1.29 is 4.74 Å². The lowest BCUT2D eigenvalue weighted by molar-refractivity contribution is 0.129. The lowest BCUT2D eigenvalue weighted by Gasteiger charge is -2.23. The number of aromatic nitrogens is 2. The topological polar surface area (TPSA) is 63.5 Å². The Balaban J connectivity index is 1.81. The maximum absolute atomic E-state index is 6.05. The zero-order valence-corrected chi connectivity index (χ0v) is 17.5. The first-order chi connectivity index (χ1) is 12.8. The minimum atomic E-state index is -0.223. The lowest BCUT2D eigenvalue weighted by Crippen LogP contribution is -2.37. The molecule has 6 heteroatoms. The van der Waals surface area contributed by atoms with Crippen molar-refractivity contribution in [2.75, 3.05) is 13.6 Å². The van der Waals surface area contributed by atoms with Gasteiger partial charge in [-0.2, -0.15) is 5.10 Å². The first kappa shape index (κ1) is 20.8. The fourth-order valence-corrected chi connectivity index (χ4v) is 2.82. The number of nitrogens with one attached hydrogen (secondary N) is 2. The first-order valence-corrected chi connectivity index (χ1v) is 9.51. The molecule has 1 heterocycles. The van der Waals surface area contributed by atoms with E-state index in [1.54, 1.807) is 7.05 Å². The Morgan fingerprint density at radius 3 is 2.56 bits per heavy atom. The SMILES string of the molecule is CN=C(NCCCn1nc(C)cc1C)NCc1ccccc1OC(C)(C)C. The maximum Gasteiger partial charge on any atom is 0.191 e. The molecule has 1 aromatic heterocycles. The molecule has 0 saturated carbocycles. The summed E-state index contributed by atoms with van der Waals surface area (Å²) >= 11 is 0. The van der Waals surface area contributed by atoms with E-state index < -0.39 is 0 Å². The van der Waals surface area contributed by atoms with Crippen molar-refractivity contribution in [3.63, 3.8) is 0 Å². The van der Waals surface area contributed by atoms with Crippen LogP contribution in [0, 0.1) is 13.8 Å². The molecule has 148 valence electrons. The quantitative estimate of drug-likeness (QED) is 0.445. The molecule has 1 aromatic carbocycles. The molecule has 0 aliphatic rings. The molecule has 0 aliphatic carbocycles. The Labute approximate surface area is 163 Å². The van der Waals surface area contributed by atoms with Gasteiger partial charge in [0.2, 0.25) is 0 Å². The van der Waals surface area contributed by atoms with Crippen LogP contribution < -0.4 is 15.4 Å². The zero-order chi connectivity index (χ0) is 19.9. The van der Waals surface area contributed by atoms with Gasteiger partial charge >= 0.3 is 0 Å². The van der Waals surface area contributed by atoms with E-state index in [9.17, 15) is 0 Å². The van der Waals surface area contributed by atoms with E-state index >= 15 is 0 Å². The van der Waals surface area contributed by atoms with E-state index in [4.69, 9.17) is 4.74 Å². The molecule has 27 heavy (non-hydrogen) atoms. The van der Waals surface area contributed by atoms with Gasteiger partial charge in [0.25, 0.3) is 0 Å². The second-order valence-electron chi connectivity index (χ2n) is 7.68. The summed E-state index contributed by atoms with van der Waals surface area (Å²) in [6.07, 6.45) is 0.979. The van der Waals surface area contributed by atoms with Crippen molar-refractivity contribution in [2.24, 2.45) is 4.99 Å². The van der Waals surface area contributed by atoms with Gasteiger partial charge in [0.15, 0.2) is 5.96 Å². The first-order valence-electron chi connectivity index (χ1n) is 9.51. The Morgan fingerprint density at radius 1 is 1.19 bits per heavy atom. The summed E-state index contributed by atoms with van der Waals surface area (Å²) in [6, 6.07) is 10.2. The molecular weight excluding hydrogens is 338 g/mol. The summed E-state index contributed by atoms with van der Waals surface area (Å²) in [5.41, 5.74) is 3.15. The van der Waals surface area contributed by atoms with Crippen molar-refractivity contribution in [2.45, 2.75) is 59.7 Å². The number of ether oxygens (including phenoxy) is 1. The average Bonchev–Trinajstić information content (AvgIpc) is 2.91. The molecule has 0 unspecified atom stereocenters. The largest absolute Gasteiger partial charge is 0.488 e. The van der Waals surface area contributed by atoms with Gasteiger partial charge in [-0.25, -0.2) is 0 Å². The number of hydrogen-bond acceptors (Lipinski definition) is 3. The van der Waals surface area contributed by atoms with Crippen LogP contribution in [0.25, 0.3) is 0 Å². The van der Waals surface area contributed by atoms with Crippen molar-refractivity contribution in [3.8, 4) is 5.75 Å². The summed E-state index contributed by atoms with van der Waals surface area (Å²) in [7, 11) is 1.79. The fourth-order valence-electron chi connectivity index (χ4n) is 2.82. The number of benzene rings is 1. The van der Waals surface area contributed by atoms with Crippen LogP contribution >= 0.6 is 0 Å². The Morgan fingerprint density at radius 2 is 1.93 bits per heavy atom. The number of guanidine groups is 1. The van der Waals surface area contributed by atoms with Crippen molar-refractivity contribution in [3.05, 3.63) is 47.3 Å². The van der Waals surface area contributed by atoms with E-state index in [1.165, 1.54) is 5.69 Å². The standard InChI is InChI=1S/C21H33N5O/c1-16-14-17(2)26(25-16)13-9-12-23-20(22-6)24-15-18-10-7-8-11-19(18)27-21(3,4)5/h7-8,10-11,14H,9,12-13,15H2,1-6H3,(H2,22,23,24). The number of nitrogens with zero attached hydrogens (tertiary/aromatic N) is 3. The Bertz CT molecular complexity index is 758. The van der Waals surface area contributed by atoms with Crippen LogP contribution in [0.4, 0.5) is 0 Å². The molecule has 0 bridgehead atoms. The molecule has 0 saturated heterocycles. The predicted molar refractivity (Wildman–Crippen MR) is 111 cm³/mol. The summed E-state index contributed by atoms with van der Waals surface area (Å²) < 4.78 is 8.10. The van der Waals surface area contributed by atoms with Gasteiger partial charge in [-0.05, 0) is 53.2 Å². The van der Waals surface area contributed by atoms with E-state index in [-0.39, 0.29) is 5.60 Å². The highest BCUT2D eigenvalue weighted by Gasteiger charge is 2.14. The van der Waals surface area contributed by atoms with Gasteiger partial charge in [0.1, 0.15) is 11.4 Å². The number of para-hydroxylation sites is 1. The van der Waals surface area contributed by atoms with Crippen LogP contribution in [0.2, 0.25) is 0 Å². The third-order valence-electron chi connectivity index (χ3n) is 4.00. The van der Waals surface area contributed by atoms with Crippen LogP contribution in [-0.4, -0.2) is 34.9 Å². The van der Waals surface area contributed by atoms with Crippen LogP contribution in [-0.2, 0) is 13.1 Å². The van der Waals surface area contributed by atoms with Crippen LogP contribution in [0.5, 0.6) is 5.75 Å². The molecular formula is C21H33N5O. The highest BCUT2D eigenvalue weighted by Crippen LogP contribution is 2.22. The Hall–Kier alpha value is -2.50. The smallest absolute Gasteiger partial charge is 0.191 e. The highest BCUT2D eigenvalue weighted by molar-refractivity contribution is 5.79. The van der Waals surface area contributed by atoms with Crippen LogP contribution in [0.1, 0.15) is 44.1 Å². The molecule has 2 N–H and O–H groups in total. The number of rotatable bonds is 7. The van der Waals surface area contributed by atoms with Gasteiger partial charge in [0, 0.05) is 37.9 Å². The second-order valence-corrected chi connectivity index (χ2v) is 7.68. The molecule has 6 nitrogen and oxygen atoms in total. The van der Waals surface area contributed by atoms with Crippen molar-refractivity contribution >= 4 is 5.96 Å². The van der Waals surface area contributed by atoms with Gasteiger partial charge in [-0.3, -0.25) is 9.67 Å². The normalized spacial score (nSPS) is 12.1. The Kier molecular flexibility index (Phi) is 7.28. The summed E-state index contributed by atoms with van der Waals surface area (Å²) in [4.78, 5) is 4.30. The molecule has 0 spiro atoms. The van der Waals surface area contributed by atoms with E-state index in [2.05, 4.69) is 60.6 Å². The summed E-state index contributed by atoms with van der Waals surface area (Å²) in [6.45, 7) is 12.7. The number of hydrogen-bond donors (Lipinski definition) is 2. The molecule has 0 fully saturated rings. The van der Waals surface area contributed by atoms with Crippen LogP contribution in [0.15, 0.2) is 35.3 Å². The molecule has 0 aliphatic heterocycles. The van der Waals surface area contributed by atoms with Crippen LogP contribution in [0.3, 0.4) is 0 Å². The third-order valence-corrected chi connectivity index (χ3v) is 4.00.